The number of carboxylic acid groups (broad SMARTS) is 1. The number of methoxy groups -OCH3 is 1. The third kappa shape index (κ3) is 6.05. The summed E-state index contributed by atoms with van der Waals surface area (Å²) in [5, 5.41) is 23.1. The number of nitrogens with zero attached hydrogens (tertiary/aromatic N) is 3. The van der Waals surface area contributed by atoms with E-state index in [4.69, 9.17) is 4.74 Å². The van der Waals surface area contributed by atoms with Crippen LogP contribution in [0, 0.1) is 0 Å². The average Bonchev–Trinajstić information content (AvgIpc) is 3.20. The number of anilines is 2. The number of aromatic carboxylic acids is 1. The lowest BCUT2D eigenvalue weighted by atomic mass is 10.1. The van der Waals surface area contributed by atoms with Gasteiger partial charge in [-0.25, -0.2) is 9.78 Å². The first kappa shape index (κ1) is 20.9. The third-order valence-electron chi connectivity index (χ3n) is 3.19. The minimum atomic E-state index is -1.14. The van der Waals surface area contributed by atoms with Gasteiger partial charge in [-0.2, -0.15) is 0 Å². The molecule has 0 radical (unpaired) electrons. The number of nitrogens with one attached hydrogen (secondary N) is 2. The van der Waals surface area contributed by atoms with Crippen LogP contribution in [-0.4, -0.2) is 45.2 Å². The summed E-state index contributed by atoms with van der Waals surface area (Å²) < 4.78 is 4.92. The summed E-state index contributed by atoms with van der Waals surface area (Å²) in [6, 6.07) is 0. The van der Waals surface area contributed by atoms with Crippen LogP contribution in [-0.2, 0) is 20.9 Å². The molecule has 0 atom stereocenters. The van der Waals surface area contributed by atoms with Crippen molar-refractivity contribution in [1.82, 2.24) is 15.2 Å². The Morgan fingerprint density at radius 3 is 2.22 bits per heavy atom. The minimum Gasteiger partial charge on any atom is -0.476 e. The second-order valence-electron chi connectivity index (χ2n) is 5.72. The van der Waals surface area contributed by atoms with Crippen LogP contribution >= 0.6 is 22.7 Å². The lowest BCUT2D eigenvalue weighted by Gasteiger charge is -2.02. The second-order valence-corrected chi connectivity index (χ2v) is 7.81. The van der Waals surface area contributed by atoms with Gasteiger partial charge in [0.15, 0.2) is 10.8 Å². The normalized spacial score (nSPS) is 10.8. The van der Waals surface area contributed by atoms with Gasteiger partial charge in [-0.3, -0.25) is 9.59 Å². The molecular formula is C15H19N5O5S2. The van der Waals surface area contributed by atoms with Crippen LogP contribution in [0.4, 0.5) is 10.3 Å². The molecule has 146 valence electrons. The summed E-state index contributed by atoms with van der Waals surface area (Å²) in [6.45, 7) is 4.00. The molecule has 0 aliphatic heterocycles. The molecule has 0 aromatic carbocycles. The number of thiazole rings is 1. The maximum Gasteiger partial charge on any atom is 0.355 e. The topological polar surface area (TPSA) is 143 Å². The molecule has 0 saturated carbocycles. The fourth-order valence-corrected chi connectivity index (χ4v) is 3.71. The number of hydrogen-bond donors (Lipinski definition) is 3. The van der Waals surface area contributed by atoms with E-state index in [1.807, 2.05) is 13.8 Å². The van der Waals surface area contributed by atoms with Crippen LogP contribution in [0.5, 0.6) is 0 Å². The number of carboxylic acids is 1. The smallest absolute Gasteiger partial charge is 0.355 e. The largest absolute Gasteiger partial charge is 0.476 e. The van der Waals surface area contributed by atoms with E-state index in [0.717, 1.165) is 11.3 Å². The zero-order valence-corrected chi connectivity index (χ0v) is 16.6. The summed E-state index contributed by atoms with van der Waals surface area (Å²) in [5.41, 5.74) is -0.0637. The Morgan fingerprint density at radius 1 is 1.07 bits per heavy atom. The Hall–Kier alpha value is -2.44. The predicted octanol–water partition coefficient (Wildman–Crippen LogP) is 2.32. The molecule has 0 aliphatic carbocycles. The summed E-state index contributed by atoms with van der Waals surface area (Å²) in [4.78, 5) is 39.6. The quantitative estimate of drug-likeness (QED) is 0.568. The maximum absolute atomic E-state index is 12.0. The molecule has 2 amide bonds. The molecular weight excluding hydrogens is 394 g/mol. The highest BCUT2D eigenvalue weighted by molar-refractivity contribution is 7.16. The van der Waals surface area contributed by atoms with E-state index in [2.05, 4.69) is 25.8 Å². The van der Waals surface area contributed by atoms with Gasteiger partial charge in [-0.05, 0) is 5.92 Å². The summed E-state index contributed by atoms with van der Waals surface area (Å²) >= 11 is 2.30. The van der Waals surface area contributed by atoms with Gasteiger partial charge in [-0.1, -0.05) is 25.2 Å². The van der Waals surface area contributed by atoms with Crippen molar-refractivity contribution in [2.45, 2.75) is 39.2 Å². The Bertz CT molecular complexity index is 832. The molecule has 0 spiro atoms. The van der Waals surface area contributed by atoms with Crippen molar-refractivity contribution in [3.8, 4) is 0 Å². The molecule has 0 bridgehead atoms. The number of ether oxygens (including phenoxy) is 1. The fraction of sp³-hybridized carbons (Fsp3) is 0.467. The van der Waals surface area contributed by atoms with Gasteiger partial charge in [0, 0.05) is 24.8 Å². The number of amides is 2. The standard InChI is InChI=1S/C15H19N5O5S2/c1-7(2)12-11(13(23)24)18-14(27-12)16-8(21)4-5-9(22)17-15-20-19-10(26-15)6-25-3/h7H,4-6H2,1-3H3,(H,23,24)(H,16,18,21)(H,17,20,22). The van der Waals surface area contributed by atoms with E-state index >= 15 is 0 Å². The van der Waals surface area contributed by atoms with Gasteiger partial charge < -0.3 is 20.5 Å². The van der Waals surface area contributed by atoms with Crippen molar-refractivity contribution in [3.05, 3.63) is 15.6 Å². The Morgan fingerprint density at radius 2 is 1.70 bits per heavy atom. The predicted molar refractivity (Wildman–Crippen MR) is 100 cm³/mol. The molecule has 2 rings (SSSR count). The third-order valence-corrected chi connectivity index (χ3v) is 5.27. The lowest BCUT2D eigenvalue weighted by Crippen LogP contribution is -2.17. The Kier molecular flexibility index (Phi) is 7.33. The van der Waals surface area contributed by atoms with Gasteiger partial charge in [0.05, 0.1) is 0 Å². The first-order chi connectivity index (χ1) is 12.8. The van der Waals surface area contributed by atoms with Crippen LogP contribution < -0.4 is 10.6 Å². The van der Waals surface area contributed by atoms with E-state index in [1.165, 1.54) is 18.4 Å². The minimum absolute atomic E-state index is 0.0278. The van der Waals surface area contributed by atoms with Crippen molar-refractivity contribution < 1.29 is 24.2 Å². The molecule has 0 fully saturated rings. The highest BCUT2D eigenvalue weighted by atomic mass is 32.1. The molecule has 2 heterocycles. The highest BCUT2D eigenvalue weighted by Crippen LogP contribution is 2.30. The Labute approximate surface area is 163 Å². The summed E-state index contributed by atoms with van der Waals surface area (Å²) in [5.74, 6) is -1.97. The van der Waals surface area contributed by atoms with Gasteiger partial charge in [-0.15, -0.1) is 21.5 Å². The number of aromatic nitrogens is 3. The zero-order valence-electron chi connectivity index (χ0n) is 14.9. The van der Waals surface area contributed by atoms with Crippen molar-refractivity contribution in [3.63, 3.8) is 0 Å². The van der Waals surface area contributed by atoms with Gasteiger partial charge >= 0.3 is 5.97 Å². The Balaban J connectivity index is 1.85. The van der Waals surface area contributed by atoms with E-state index < -0.39 is 11.9 Å². The molecule has 0 unspecified atom stereocenters. The van der Waals surface area contributed by atoms with Crippen molar-refractivity contribution in [1.29, 1.82) is 0 Å². The second kappa shape index (κ2) is 9.48. The monoisotopic (exact) mass is 413 g/mol. The summed E-state index contributed by atoms with van der Waals surface area (Å²) in [7, 11) is 1.53. The number of carbonyl (C=O) groups is 3. The van der Waals surface area contributed by atoms with Crippen LogP contribution in [0.2, 0.25) is 0 Å². The van der Waals surface area contributed by atoms with E-state index in [1.54, 1.807) is 0 Å². The zero-order chi connectivity index (χ0) is 20.0. The lowest BCUT2D eigenvalue weighted by molar-refractivity contribution is -0.121. The van der Waals surface area contributed by atoms with Crippen molar-refractivity contribution in [2.75, 3.05) is 17.7 Å². The number of rotatable bonds is 9. The van der Waals surface area contributed by atoms with Crippen LogP contribution in [0.3, 0.4) is 0 Å². The maximum atomic E-state index is 12.0. The van der Waals surface area contributed by atoms with Crippen LogP contribution in [0.1, 0.15) is 53.0 Å². The fourth-order valence-electron chi connectivity index (χ4n) is 2.01. The van der Waals surface area contributed by atoms with Crippen molar-refractivity contribution >= 4 is 50.7 Å². The van der Waals surface area contributed by atoms with Gasteiger partial charge in [0.1, 0.15) is 11.6 Å². The van der Waals surface area contributed by atoms with E-state index in [0.29, 0.717) is 21.6 Å². The van der Waals surface area contributed by atoms with Gasteiger partial charge in [0.2, 0.25) is 16.9 Å². The van der Waals surface area contributed by atoms with Crippen molar-refractivity contribution in [2.24, 2.45) is 0 Å². The average molecular weight is 413 g/mol. The molecule has 3 N–H and O–H groups in total. The molecule has 2 aromatic heterocycles. The van der Waals surface area contributed by atoms with Gasteiger partial charge in [0.25, 0.3) is 0 Å². The van der Waals surface area contributed by atoms with Crippen LogP contribution in [0.15, 0.2) is 0 Å². The molecule has 0 saturated heterocycles. The van der Waals surface area contributed by atoms with E-state index in [9.17, 15) is 19.5 Å². The number of carbonyl (C=O) groups excluding carboxylic acids is 2. The first-order valence-electron chi connectivity index (χ1n) is 7.95. The molecule has 0 aliphatic rings. The molecule has 10 nitrogen and oxygen atoms in total. The first-order valence-corrected chi connectivity index (χ1v) is 9.58. The van der Waals surface area contributed by atoms with E-state index in [-0.39, 0.29) is 35.5 Å². The summed E-state index contributed by atoms with van der Waals surface area (Å²) in [6.07, 6.45) is -0.131. The molecule has 27 heavy (non-hydrogen) atoms. The molecule has 12 heteroatoms. The number of hydrogen-bond acceptors (Lipinski definition) is 9. The molecule has 2 aromatic rings. The highest BCUT2D eigenvalue weighted by Gasteiger charge is 2.20. The van der Waals surface area contributed by atoms with Crippen LogP contribution in [0.25, 0.3) is 0 Å². The SMILES string of the molecule is COCc1nnc(NC(=O)CCC(=O)Nc2nc(C(=O)O)c(C(C)C)s2)s1.